The topological polar surface area (TPSA) is 90.9 Å². The van der Waals surface area contributed by atoms with Crippen molar-refractivity contribution in [2.45, 2.75) is 18.9 Å². The predicted molar refractivity (Wildman–Crippen MR) is 50.5 cm³/mol. The van der Waals surface area contributed by atoms with E-state index in [1.54, 1.807) is 0 Å². The van der Waals surface area contributed by atoms with Crippen LogP contribution in [0.5, 0.6) is 0 Å². The third-order valence-corrected chi connectivity index (χ3v) is 1.96. The highest BCUT2D eigenvalue weighted by molar-refractivity contribution is 5.95. The molecule has 1 amide bonds. The molecule has 0 spiro atoms. The number of esters is 2. The van der Waals surface area contributed by atoms with Crippen molar-refractivity contribution in [2.24, 2.45) is 0 Å². The second-order valence-corrected chi connectivity index (χ2v) is 3.16. The number of ether oxygens (including phenoxy) is 3. The third-order valence-electron chi connectivity index (χ3n) is 1.96. The van der Waals surface area contributed by atoms with Crippen LogP contribution >= 0.6 is 0 Å². The number of nitrogens with one attached hydrogen (secondary N) is 1. The largest absolute Gasteiger partial charge is 0.463 e. The second kappa shape index (κ2) is 6.06. The lowest BCUT2D eigenvalue weighted by atomic mass is 10.2. The zero-order valence-electron chi connectivity index (χ0n) is 8.86. The molecule has 1 aliphatic rings. The molecule has 90 valence electrons. The summed E-state index contributed by atoms with van der Waals surface area (Å²) in [6.45, 7) is 0.505. The molecule has 0 radical (unpaired) electrons. The minimum Gasteiger partial charge on any atom is -0.463 e. The molecule has 16 heavy (non-hydrogen) atoms. The summed E-state index contributed by atoms with van der Waals surface area (Å²) in [6, 6.07) is -0.748. The van der Waals surface area contributed by atoms with E-state index in [-0.39, 0.29) is 19.4 Å². The van der Waals surface area contributed by atoms with Gasteiger partial charge in [-0.2, -0.15) is 0 Å². The van der Waals surface area contributed by atoms with Crippen molar-refractivity contribution in [3.63, 3.8) is 0 Å². The van der Waals surface area contributed by atoms with Crippen LogP contribution in [0.25, 0.3) is 0 Å². The van der Waals surface area contributed by atoms with Gasteiger partial charge in [0.15, 0.2) is 0 Å². The molecule has 1 fully saturated rings. The fourth-order valence-corrected chi connectivity index (χ4v) is 1.16. The van der Waals surface area contributed by atoms with Crippen LogP contribution in [0.15, 0.2) is 0 Å². The van der Waals surface area contributed by atoms with Gasteiger partial charge in [0.25, 0.3) is 0 Å². The van der Waals surface area contributed by atoms with E-state index in [2.05, 4.69) is 10.1 Å². The Bertz CT molecular complexity index is 290. The molecule has 1 heterocycles. The first-order valence-electron chi connectivity index (χ1n) is 4.80. The van der Waals surface area contributed by atoms with Crippen molar-refractivity contribution in [1.82, 2.24) is 5.32 Å². The Labute approximate surface area is 92.0 Å². The highest BCUT2D eigenvalue weighted by Gasteiger charge is 2.32. The van der Waals surface area contributed by atoms with E-state index in [4.69, 9.17) is 9.47 Å². The molecule has 0 bridgehead atoms. The van der Waals surface area contributed by atoms with E-state index in [1.807, 2.05) is 0 Å². The Morgan fingerprint density at radius 2 is 2.19 bits per heavy atom. The van der Waals surface area contributed by atoms with Crippen molar-refractivity contribution in [3.8, 4) is 0 Å². The van der Waals surface area contributed by atoms with Gasteiger partial charge in [-0.25, -0.2) is 9.59 Å². The average Bonchev–Trinajstić information content (AvgIpc) is 2.55. The van der Waals surface area contributed by atoms with Crippen LogP contribution in [-0.4, -0.2) is 44.4 Å². The normalized spacial score (nSPS) is 19.2. The van der Waals surface area contributed by atoms with Crippen LogP contribution in [0.3, 0.4) is 0 Å². The number of rotatable bonds is 6. The van der Waals surface area contributed by atoms with Crippen molar-refractivity contribution in [3.05, 3.63) is 0 Å². The maximum Gasteiger partial charge on any atom is 0.415 e. The monoisotopic (exact) mass is 231 g/mol. The van der Waals surface area contributed by atoms with Crippen molar-refractivity contribution in [2.75, 3.05) is 20.3 Å². The van der Waals surface area contributed by atoms with Crippen molar-refractivity contribution >= 4 is 18.0 Å². The standard InChI is InChI=1S/C9H13NO6/c1-14-4-5-15-7(11)3-2-6-8(12)16-9(13)10-6/h6H,2-5H2,1H3,(H,10,13)/t6-/m1/s1. The zero-order valence-corrected chi connectivity index (χ0v) is 8.86. The Morgan fingerprint density at radius 1 is 1.44 bits per heavy atom. The highest BCUT2D eigenvalue weighted by atomic mass is 16.6. The van der Waals surface area contributed by atoms with Gasteiger partial charge >= 0.3 is 18.0 Å². The highest BCUT2D eigenvalue weighted by Crippen LogP contribution is 2.07. The molecule has 7 heteroatoms. The summed E-state index contributed by atoms with van der Waals surface area (Å²) in [5.41, 5.74) is 0. The molecular weight excluding hydrogens is 218 g/mol. The molecular formula is C9H13NO6. The maximum absolute atomic E-state index is 11.1. The molecule has 0 unspecified atom stereocenters. The summed E-state index contributed by atoms with van der Waals surface area (Å²) in [5, 5.41) is 2.28. The van der Waals surface area contributed by atoms with E-state index in [1.165, 1.54) is 7.11 Å². The molecule has 0 aromatic heterocycles. The first-order chi connectivity index (χ1) is 7.63. The fraction of sp³-hybridized carbons (Fsp3) is 0.667. The van der Waals surface area contributed by atoms with Crippen LogP contribution in [0, 0.1) is 0 Å². The summed E-state index contributed by atoms with van der Waals surface area (Å²) in [5.74, 6) is -1.10. The minimum absolute atomic E-state index is 0.0454. The number of cyclic esters (lactones) is 2. The molecule has 0 saturated carbocycles. The fourth-order valence-electron chi connectivity index (χ4n) is 1.16. The Balaban J connectivity index is 2.16. The van der Waals surface area contributed by atoms with Crippen LogP contribution in [0.1, 0.15) is 12.8 Å². The van der Waals surface area contributed by atoms with E-state index in [0.29, 0.717) is 6.61 Å². The molecule has 1 N–H and O–H groups in total. The minimum atomic E-state index is -0.775. The molecule has 0 aromatic carbocycles. The first-order valence-corrected chi connectivity index (χ1v) is 4.80. The van der Waals surface area contributed by atoms with Gasteiger partial charge in [0.2, 0.25) is 0 Å². The Hall–Kier alpha value is -1.63. The number of amides is 1. The van der Waals surface area contributed by atoms with Gasteiger partial charge in [-0.3, -0.25) is 4.79 Å². The van der Waals surface area contributed by atoms with Gasteiger partial charge < -0.3 is 19.5 Å². The van der Waals surface area contributed by atoms with E-state index in [0.717, 1.165) is 0 Å². The summed E-state index contributed by atoms with van der Waals surface area (Å²) in [4.78, 5) is 32.7. The maximum atomic E-state index is 11.1. The van der Waals surface area contributed by atoms with Gasteiger partial charge in [0.1, 0.15) is 12.6 Å². The van der Waals surface area contributed by atoms with Crippen LogP contribution in [-0.2, 0) is 23.8 Å². The quantitative estimate of drug-likeness (QED) is 0.379. The van der Waals surface area contributed by atoms with Crippen molar-refractivity contribution < 1.29 is 28.6 Å². The van der Waals surface area contributed by atoms with Gasteiger partial charge in [-0.1, -0.05) is 0 Å². The predicted octanol–water partition coefficient (Wildman–Crippen LogP) is -0.409. The van der Waals surface area contributed by atoms with Crippen LogP contribution < -0.4 is 5.32 Å². The zero-order chi connectivity index (χ0) is 12.0. The van der Waals surface area contributed by atoms with Gasteiger partial charge in [0.05, 0.1) is 6.61 Å². The van der Waals surface area contributed by atoms with E-state index < -0.39 is 24.1 Å². The number of carbonyl (C=O) groups excluding carboxylic acids is 3. The second-order valence-electron chi connectivity index (χ2n) is 3.16. The molecule has 7 nitrogen and oxygen atoms in total. The number of hydrogen-bond donors (Lipinski definition) is 1. The van der Waals surface area contributed by atoms with Crippen molar-refractivity contribution in [1.29, 1.82) is 0 Å². The summed E-state index contributed by atoms with van der Waals surface area (Å²) in [6.07, 6.45) is -0.553. The molecule has 0 aliphatic carbocycles. The SMILES string of the molecule is COCCOC(=O)CC[C@H]1NC(=O)OC1=O. The number of alkyl carbamates (subject to hydrolysis) is 1. The van der Waals surface area contributed by atoms with Gasteiger partial charge in [-0.15, -0.1) is 0 Å². The van der Waals surface area contributed by atoms with Crippen LogP contribution in [0.2, 0.25) is 0 Å². The smallest absolute Gasteiger partial charge is 0.415 e. The average molecular weight is 231 g/mol. The third kappa shape index (κ3) is 3.85. The lowest BCUT2D eigenvalue weighted by molar-refractivity contribution is -0.145. The number of carbonyl (C=O) groups is 3. The lowest BCUT2D eigenvalue weighted by Gasteiger charge is -2.05. The molecule has 1 rings (SSSR count). The van der Waals surface area contributed by atoms with Gasteiger partial charge in [0, 0.05) is 13.5 Å². The molecule has 1 saturated heterocycles. The number of methoxy groups -OCH3 is 1. The molecule has 1 aliphatic heterocycles. The summed E-state index contributed by atoms with van der Waals surface area (Å²) in [7, 11) is 1.50. The van der Waals surface area contributed by atoms with E-state index >= 15 is 0 Å². The molecule has 1 atom stereocenters. The summed E-state index contributed by atoms with van der Waals surface area (Å²) >= 11 is 0. The molecule has 0 aromatic rings. The first kappa shape index (κ1) is 12.4. The number of hydrogen-bond acceptors (Lipinski definition) is 6. The Morgan fingerprint density at radius 3 is 2.75 bits per heavy atom. The van der Waals surface area contributed by atoms with E-state index in [9.17, 15) is 14.4 Å². The van der Waals surface area contributed by atoms with Crippen LogP contribution in [0.4, 0.5) is 4.79 Å². The summed E-state index contributed by atoms with van der Waals surface area (Å²) < 4.78 is 13.7. The Kier molecular flexibility index (Phi) is 4.71. The van der Waals surface area contributed by atoms with Gasteiger partial charge in [-0.05, 0) is 6.42 Å². The lowest BCUT2D eigenvalue weighted by Crippen LogP contribution is -2.29.